The SMILES string of the molecule is COCCOC(=O)C1=C(C)N(Cc2ccccc2)C(=O)NC1c1ccc(OC)cc1OC. The van der Waals surface area contributed by atoms with Crippen LogP contribution in [0.2, 0.25) is 0 Å². The molecule has 0 aliphatic carbocycles. The second kappa shape index (κ2) is 10.7. The summed E-state index contributed by atoms with van der Waals surface area (Å²) in [6, 6.07) is 13.7. The highest BCUT2D eigenvalue weighted by Crippen LogP contribution is 2.38. The molecule has 1 heterocycles. The van der Waals surface area contributed by atoms with Gasteiger partial charge in [-0.2, -0.15) is 0 Å². The van der Waals surface area contributed by atoms with Crippen molar-refractivity contribution in [3.05, 3.63) is 70.9 Å². The van der Waals surface area contributed by atoms with Crippen LogP contribution in [0.1, 0.15) is 24.1 Å². The van der Waals surface area contributed by atoms with Crippen molar-refractivity contribution in [3.8, 4) is 11.5 Å². The summed E-state index contributed by atoms with van der Waals surface area (Å²) >= 11 is 0. The largest absolute Gasteiger partial charge is 0.497 e. The van der Waals surface area contributed by atoms with Gasteiger partial charge in [-0.1, -0.05) is 30.3 Å². The predicted octanol–water partition coefficient (Wildman–Crippen LogP) is 3.43. The van der Waals surface area contributed by atoms with Crippen molar-refractivity contribution < 1.29 is 28.5 Å². The lowest BCUT2D eigenvalue weighted by Gasteiger charge is -2.36. The van der Waals surface area contributed by atoms with E-state index in [1.807, 2.05) is 30.3 Å². The van der Waals surface area contributed by atoms with E-state index in [0.29, 0.717) is 34.9 Å². The van der Waals surface area contributed by atoms with Crippen LogP contribution in [0.5, 0.6) is 11.5 Å². The molecule has 0 radical (unpaired) electrons. The number of ether oxygens (including phenoxy) is 4. The van der Waals surface area contributed by atoms with Gasteiger partial charge in [0.25, 0.3) is 0 Å². The second-order valence-corrected chi connectivity index (χ2v) is 7.19. The summed E-state index contributed by atoms with van der Waals surface area (Å²) in [5, 5.41) is 2.94. The van der Waals surface area contributed by atoms with Crippen LogP contribution in [0, 0.1) is 0 Å². The highest BCUT2D eigenvalue weighted by molar-refractivity contribution is 5.95. The smallest absolute Gasteiger partial charge is 0.338 e. The Hall–Kier alpha value is -3.52. The number of hydrogen-bond donors (Lipinski definition) is 1. The molecule has 0 saturated carbocycles. The van der Waals surface area contributed by atoms with E-state index in [2.05, 4.69) is 5.32 Å². The average Bonchev–Trinajstić information content (AvgIpc) is 2.81. The van der Waals surface area contributed by atoms with Crippen LogP contribution in [0.4, 0.5) is 4.79 Å². The van der Waals surface area contributed by atoms with E-state index in [1.54, 1.807) is 32.2 Å². The van der Waals surface area contributed by atoms with Crippen molar-refractivity contribution in [1.82, 2.24) is 10.2 Å². The fourth-order valence-corrected chi connectivity index (χ4v) is 3.59. The molecule has 0 aromatic heterocycles. The van der Waals surface area contributed by atoms with Crippen LogP contribution in [-0.4, -0.2) is 51.4 Å². The minimum atomic E-state index is -0.745. The van der Waals surface area contributed by atoms with Crippen LogP contribution >= 0.6 is 0 Å². The summed E-state index contributed by atoms with van der Waals surface area (Å²) in [4.78, 5) is 27.7. The van der Waals surface area contributed by atoms with Gasteiger partial charge in [-0.15, -0.1) is 0 Å². The molecule has 1 N–H and O–H groups in total. The Bertz CT molecular complexity index is 989. The van der Waals surface area contributed by atoms with Crippen LogP contribution in [0.3, 0.4) is 0 Å². The van der Waals surface area contributed by atoms with Crippen molar-refractivity contribution in [2.45, 2.75) is 19.5 Å². The third-order valence-electron chi connectivity index (χ3n) is 5.27. The third kappa shape index (κ3) is 5.03. The maximum atomic E-state index is 13.1. The number of hydrogen-bond acceptors (Lipinski definition) is 6. The minimum Gasteiger partial charge on any atom is -0.497 e. The molecule has 8 nitrogen and oxygen atoms in total. The number of carbonyl (C=O) groups is 2. The maximum absolute atomic E-state index is 13.1. The first-order valence-electron chi connectivity index (χ1n) is 10.2. The highest BCUT2D eigenvalue weighted by Gasteiger charge is 2.37. The summed E-state index contributed by atoms with van der Waals surface area (Å²) in [6.07, 6.45) is 0. The van der Waals surface area contributed by atoms with E-state index < -0.39 is 12.0 Å². The van der Waals surface area contributed by atoms with E-state index in [9.17, 15) is 9.59 Å². The van der Waals surface area contributed by atoms with Crippen molar-refractivity contribution in [2.75, 3.05) is 34.5 Å². The lowest BCUT2D eigenvalue weighted by atomic mass is 9.93. The van der Waals surface area contributed by atoms with Crippen LogP contribution in [-0.2, 0) is 20.8 Å². The van der Waals surface area contributed by atoms with Gasteiger partial charge in [-0.25, -0.2) is 9.59 Å². The summed E-state index contributed by atoms with van der Waals surface area (Å²) in [5.41, 5.74) is 2.41. The number of esters is 1. The average molecular weight is 440 g/mol. The number of amides is 2. The fraction of sp³-hybridized carbons (Fsp3) is 0.333. The zero-order chi connectivity index (χ0) is 23.1. The molecule has 1 unspecified atom stereocenters. The topological polar surface area (TPSA) is 86.3 Å². The van der Waals surface area contributed by atoms with E-state index >= 15 is 0 Å². The molecule has 32 heavy (non-hydrogen) atoms. The van der Waals surface area contributed by atoms with Gasteiger partial charge >= 0.3 is 12.0 Å². The van der Waals surface area contributed by atoms with Gasteiger partial charge in [0, 0.05) is 24.4 Å². The van der Waals surface area contributed by atoms with Crippen molar-refractivity contribution in [3.63, 3.8) is 0 Å². The molecule has 1 aliphatic rings. The fourth-order valence-electron chi connectivity index (χ4n) is 3.59. The van der Waals surface area contributed by atoms with E-state index in [0.717, 1.165) is 5.56 Å². The highest BCUT2D eigenvalue weighted by atomic mass is 16.6. The summed E-state index contributed by atoms with van der Waals surface area (Å²) in [5.74, 6) is 0.560. The Kier molecular flexibility index (Phi) is 7.72. The molecule has 0 bridgehead atoms. The van der Waals surface area contributed by atoms with Crippen molar-refractivity contribution in [1.29, 1.82) is 0 Å². The van der Waals surface area contributed by atoms with Gasteiger partial charge in [0.05, 0.1) is 39.0 Å². The molecule has 0 fully saturated rings. The molecule has 8 heteroatoms. The molecule has 3 rings (SSSR count). The molecule has 170 valence electrons. The van der Waals surface area contributed by atoms with Crippen LogP contribution in [0.15, 0.2) is 59.8 Å². The van der Waals surface area contributed by atoms with Crippen LogP contribution < -0.4 is 14.8 Å². The number of nitrogens with zero attached hydrogens (tertiary/aromatic N) is 1. The summed E-state index contributed by atoms with van der Waals surface area (Å²) in [7, 11) is 4.62. The Morgan fingerprint density at radius 3 is 2.44 bits per heavy atom. The molecule has 0 saturated heterocycles. The Morgan fingerprint density at radius 1 is 1.03 bits per heavy atom. The summed E-state index contributed by atoms with van der Waals surface area (Å²) in [6.45, 7) is 2.44. The maximum Gasteiger partial charge on any atom is 0.338 e. The zero-order valence-electron chi connectivity index (χ0n) is 18.7. The summed E-state index contributed by atoms with van der Waals surface area (Å²) < 4.78 is 21.2. The molecule has 2 aromatic carbocycles. The monoisotopic (exact) mass is 440 g/mol. The van der Waals surface area contributed by atoms with Gasteiger partial charge < -0.3 is 24.3 Å². The van der Waals surface area contributed by atoms with Gasteiger partial charge in [-0.3, -0.25) is 4.90 Å². The Morgan fingerprint density at radius 2 is 1.78 bits per heavy atom. The van der Waals surface area contributed by atoms with E-state index in [-0.39, 0.29) is 19.2 Å². The number of allylic oxidation sites excluding steroid dienone is 1. The van der Waals surface area contributed by atoms with E-state index in [1.165, 1.54) is 19.1 Å². The zero-order valence-corrected chi connectivity index (χ0v) is 18.7. The second-order valence-electron chi connectivity index (χ2n) is 7.19. The van der Waals surface area contributed by atoms with Gasteiger partial charge in [0.2, 0.25) is 0 Å². The lowest BCUT2D eigenvalue weighted by Crippen LogP contribution is -2.47. The van der Waals surface area contributed by atoms with E-state index in [4.69, 9.17) is 18.9 Å². The first-order valence-corrected chi connectivity index (χ1v) is 10.2. The molecule has 2 aromatic rings. The number of carbonyl (C=O) groups excluding carboxylic acids is 2. The molecule has 1 aliphatic heterocycles. The third-order valence-corrected chi connectivity index (χ3v) is 5.27. The van der Waals surface area contributed by atoms with Crippen molar-refractivity contribution in [2.24, 2.45) is 0 Å². The predicted molar refractivity (Wildman–Crippen MR) is 118 cm³/mol. The number of urea groups is 1. The number of methoxy groups -OCH3 is 3. The normalized spacial score (nSPS) is 15.9. The quantitative estimate of drug-likeness (QED) is 0.475. The van der Waals surface area contributed by atoms with Crippen molar-refractivity contribution >= 4 is 12.0 Å². The van der Waals surface area contributed by atoms with Gasteiger partial charge in [0.15, 0.2) is 0 Å². The molecule has 0 spiro atoms. The Balaban J connectivity index is 2.04. The first-order chi connectivity index (χ1) is 15.5. The van der Waals surface area contributed by atoms with Gasteiger partial charge in [0.1, 0.15) is 18.1 Å². The molecule has 1 atom stereocenters. The molecule has 2 amide bonds. The number of rotatable bonds is 9. The molecular weight excluding hydrogens is 412 g/mol. The molecular formula is C24H28N2O6. The number of benzene rings is 2. The van der Waals surface area contributed by atoms with Gasteiger partial charge in [-0.05, 0) is 24.6 Å². The number of nitrogens with one attached hydrogen (secondary N) is 1. The first kappa shape index (κ1) is 23.1. The minimum absolute atomic E-state index is 0.102. The van der Waals surface area contributed by atoms with Crippen LogP contribution in [0.25, 0.3) is 0 Å². The lowest BCUT2D eigenvalue weighted by molar-refractivity contribution is -0.140. The standard InChI is InChI=1S/C24H28N2O6/c1-16-21(23(27)32-13-12-29-2)22(19-11-10-18(30-3)14-20(19)31-4)25-24(28)26(16)15-17-8-6-5-7-9-17/h5-11,14,22H,12-13,15H2,1-4H3,(H,25,28). The Labute approximate surface area is 187 Å².